The number of hydrogen-bond acceptors (Lipinski definition) is 3. The van der Waals surface area contributed by atoms with E-state index >= 15 is 0 Å². The summed E-state index contributed by atoms with van der Waals surface area (Å²) in [6, 6.07) is 8.48. The van der Waals surface area contributed by atoms with Gasteiger partial charge in [-0.15, -0.1) is 0 Å². The van der Waals surface area contributed by atoms with Gasteiger partial charge in [-0.1, -0.05) is 25.0 Å². The van der Waals surface area contributed by atoms with Crippen LogP contribution in [0.5, 0.6) is 11.5 Å². The molecule has 3 nitrogen and oxygen atoms in total. The first-order chi connectivity index (χ1) is 9.33. The van der Waals surface area contributed by atoms with Crippen molar-refractivity contribution in [2.45, 2.75) is 44.8 Å². The Labute approximate surface area is 115 Å². The van der Waals surface area contributed by atoms with E-state index in [4.69, 9.17) is 9.47 Å². The fraction of sp³-hybridized carbons (Fsp3) is 0.625. The second kappa shape index (κ2) is 5.83. The van der Waals surface area contributed by atoms with Gasteiger partial charge in [0.2, 0.25) is 0 Å². The number of hydrogen-bond donors (Lipinski definition) is 1. The molecule has 2 aliphatic rings. The van der Waals surface area contributed by atoms with Crippen LogP contribution in [0.4, 0.5) is 0 Å². The van der Waals surface area contributed by atoms with E-state index in [1.807, 2.05) is 24.3 Å². The SMILES string of the molecule is CC(NCC1COc2ccccc2O1)C1CCCC1. The van der Waals surface area contributed by atoms with Gasteiger partial charge in [-0.25, -0.2) is 0 Å². The molecule has 1 aromatic carbocycles. The van der Waals surface area contributed by atoms with Crippen LogP contribution in [-0.2, 0) is 0 Å². The van der Waals surface area contributed by atoms with Gasteiger partial charge in [0.05, 0.1) is 0 Å². The van der Waals surface area contributed by atoms with Gasteiger partial charge in [0.25, 0.3) is 0 Å². The number of rotatable bonds is 4. The van der Waals surface area contributed by atoms with Gasteiger partial charge in [-0.05, 0) is 37.8 Å². The zero-order valence-corrected chi connectivity index (χ0v) is 11.6. The Bertz CT molecular complexity index is 415. The van der Waals surface area contributed by atoms with Crippen LogP contribution in [0, 0.1) is 5.92 Å². The minimum absolute atomic E-state index is 0.124. The third kappa shape index (κ3) is 3.03. The first-order valence-corrected chi connectivity index (χ1v) is 7.45. The Morgan fingerprint density at radius 1 is 1.21 bits per heavy atom. The number of ether oxygens (including phenoxy) is 2. The first-order valence-electron chi connectivity index (χ1n) is 7.45. The Morgan fingerprint density at radius 3 is 2.74 bits per heavy atom. The molecule has 0 spiro atoms. The maximum atomic E-state index is 5.96. The molecule has 2 unspecified atom stereocenters. The molecule has 0 amide bonds. The highest BCUT2D eigenvalue weighted by atomic mass is 16.6. The van der Waals surface area contributed by atoms with Gasteiger partial charge in [0, 0.05) is 12.6 Å². The summed E-state index contributed by atoms with van der Waals surface area (Å²) >= 11 is 0. The zero-order chi connectivity index (χ0) is 13.1. The second-order valence-electron chi connectivity index (χ2n) is 5.74. The van der Waals surface area contributed by atoms with Crippen molar-refractivity contribution in [3.05, 3.63) is 24.3 Å². The van der Waals surface area contributed by atoms with E-state index in [-0.39, 0.29) is 6.10 Å². The maximum absolute atomic E-state index is 5.96. The molecule has 1 heterocycles. The molecule has 1 aliphatic carbocycles. The van der Waals surface area contributed by atoms with Gasteiger partial charge in [-0.2, -0.15) is 0 Å². The van der Waals surface area contributed by atoms with Crippen molar-refractivity contribution >= 4 is 0 Å². The minimum Gasteiger partial charge on any atom is -0.486 e. The maximum Gasteiger partial charge on any atom is 0.161 e. The highest BCUT2D eigenvalue weighted by molar-refractivity contribution is 5.40. The molecule has 19 heavy (non-hydrogen) atoms. The quantitative estimate of drug-likeness (QED) is 0.904. The molecular weight excluding hydrogens is 238 g/mol. The highest BCUT2D eigenvalue weighted by Crippen LogP contribution is 2.31. The summed E-state index contributed by atoms with van der Waals surface area (Å²) < 4.78 is 11.7. The lowest BCUT2D eigenvalue weighted by Gasteiger charge is -2.29. The fourth-order valence-corrected chi connectivity index (χ4v) is 3.11. The Morgan fingerprint density at radius 2 is 1.95 bits per heavy atom. The van der Waals surface area contributed by atoms with E-state index in [1.165, 1.54) is 25.7 Å². The molecule has 104 valence electrons. The standard InChI is InChI=1S/C16H23NO2/c1-12(13-6-2-3-7-13)17-10-14-11-18-15-8-4-5-9-16(15)19-14/h4-5,8-9,12-14,17H,2-3,6-7,10-11H2,1H3. The van der Waals surface area contributed by atoms with Crippen LogP contribution in [0.15, 0.2) is 24.3 Å². The summed E-state index contributed by atoms with van der Waals surface area (Å²) in [5, 5.41) is 3.62. The van der Waals surface area contributed by atoms with Gasteiger partial charge >= 0.3 is 0 Å². The number of para-hydroxylation sites is 2. The monoisotopic (exact) mass is 261 g/mol. The van der Waals surface area contributed by atoms with Gasteiger partial charge in [-0.3, -0.25) is 0 Å². The summed E-state index contributed by atoms with van der Waals surface area (Å²) in [5.41, 5.74) is 0. The number of fused-ring (bicyclic) bond motifs is 1. The summed E-state index contributed by atoms with van der Waals surface area (Å²) in [4.78, 5) is 0. The van der Waals surface area contributed by atoms with Crippen LogP contribution in [0.1, 0.15) is 32.6 Å². The van der Waals surface area contributed by atoms with E-state index in [2.05, 4.69) is 12.2 Å². The average Bonchev–Trinajstić information content (AvgIpc) is 2.99. The van der Waals surface area contributed by atoms with Crippen molar-refractivity contribution in [1.82, 2.24) is 5.32 Å². The molecule has 1 N–H and O–H groups in total. The van der Waals surface area contributed by atoms with Crippen LogP contribution in [0.2, 0.25) is 0 Å². The van der Waals surface area contributed by atoms with Crippen molar-refractivity contribution in [3.63, 3.8) is 0 Å². The summed E-state index contributed by atoms with van der Waals surface area (Å²) in [7, 11) is 0. The summed E-state index contributed by atoms with van der Waals surface area (Å²) in [5.74, 6) is 2.58. The lowest BCUT2D eigenvalue weighted by Crippen LogP contribution is -2.43. The lowest BCUT2D eigenvalue weighted by molar-refractivity contribution is 0.0868. The highest BCUT2D eigenvalue weighted by Gasteiger charge is 2.24. The van der Waals surface area contributed by atoms with Crippen LogP contribution in [0.3, 0.4) is 0 Å². The normalized spacial score (nSPS) is 24.4. The molecular formula is C16H23NO2. The first kappa shape index (κ1) is 12.8. The molecule has 3 heteroatoms. The van der Waals surface area contributed by atoms with E-state index in [1.54, 1.807) is 0 Å². The second-order valence-corrected chi connectivity index (χ2v) is 5.74. The molecule has 0 aromatic heterocycles. The Balaban J connectivity index is 1.49. The van der Waals surface area contributed by atoms with Crippen molar-refractivity contribution in [2.75, 3.05) is 13.2 Å². The van der Waals surface area contributed by atoms with Gasteiger partial charge in [0.1, 0.15) is 12.7 Å². The Hall–Kier alpha value is -1.22. The smallest absolute Gasteiger partial charge is 0.161 e. The summed E-state index contributed by atoms with van der Waals surface area (Å²) in [6.07, 6.45) is 5.66. The molecule has 0 bridgehead atoms. The van der Waals surface area contributed by atoms with Crippen molar-refractivity contribution in [1.29, 1.82) is 0 Å². The fourth-order valence-electron chi connectivity index (χ4n) is 3.11. The molecule has 0 radical (unpaired) electrons. The van der Waals surface area contributed by atoms with E-state index in [9.17, 15) is 0 Å². The molecule has 1 saturated carbocycles. The van der Waals surface area contributed by atoms with Crippen LogP contribution >= 0.6 is 0 Å². The van der Waals surface area contributed by atoms with Crippen molar-refractivity contribution in [3.8, 4) is 11.5 Å². The summed E-state index contributed by atoms with van der Waals surface area (Å²) in [6.45, 7) is 3.81. The lowest BCUT2D eigenvalue weighted by atomic mass is 10.00. The van der Waals surface area contributed by atoms with Crippen LogP contribution < -0.4 is 14.8 Å². The van der Waals surface area contributed by atoms with Gasteiger partial charge < -0.3 is 14.8 Å². The van der Waals surface area contributed by atoms with E-state index in [0.29, 0.717) is 12.6 Å². The third-order valence-electron chi connectivity index (χ3n) is 4.34. The zero-order valence-electron chi connectivity index (χ0n) is 11.6. The van der Waals surface area contributed by atoms with E-state index in [0.717, 1.165) is 24.0 Å². The molecule has 1 fully saturated rings. The largest absolute Gasteiger partial charge is 0.486 e. The number of nitrogens with one attached hydrogen (secondary N) is 1. The average molecular weight is 261 g/mol. The molecule has 2 atom stereocenters. The minimum atomic E-state index is 0.124. The third-order valence-corrected chi connectivity index (χ3v) is 4.34. The van der Waals surface area contributed by atoms with Crippen LogP contribution in [-0.4, -0.2) is 25.3 Å². The molecule has 0 saturated heterocycles. The van der Waals surface area contributed by atoms with Crippen molar-refractivity contribution < 1.29 is 9.47 Å². The molecule has 3 rings (SSSR count). The van der Waals surface area contributed by atoms with Crippen molar-refractivity contribution in [2.24, 2.45) is 5.92 Å². The van der Waals surface area contributed by atoms with E-state index < -0.39 is 0 Å². The topological polar surface area (TPSA) is 30.5 Å². The van der Waals surface area contributed by atoms with Gasteiger partial charge in [0.15, 0.2) is 11.5 Å². The molecule has 1 aromatic rings. The number of benzene rings is 1. The Kier molecular flexibility index (Phi) is 3.92. The predicted molar refractivity (Wildman–Crippen MR) is 75.8 cm³/mol. The predicted octanol–water partition coefficient (Wildman–Crippen LogP) is 2.99. The van der Waals surface area contributed by atoms with Crippen LogP contribution in [0.25, 0.3) is 0 Å². The molecule has 1 aliphatic heterocycles.